The fraction of sp³-hybridized carbons (Fsp3) is 0.435. The fourth-order valence-corrected chi connectivity index (χ4v) is 5.11. The standard InChI is InChI=1S/C23H28N6S/c1-4-9-29-16(2)11-19(17(29)3)14-28-10-5-6-21(28)20-15-30-23(26-20)27-22-12-18(13-24)7-8-25-22/h7-8,11-12,15,21H,4-6,9-10,14H2,1-3H3,(H,25,26,27). The predicted molar refractivity (Wildman–Crippen MR) is 121 cm³/mol. The molecule has 0 radical (unpaired) electrons. The lowest BCUT2D eigenvalue weighted by Gasteiger charge is -2.23. The van der Waals surface area contributed by atoms with Gasteiger partial charge in [-0.2, -0.15) is 5.26 Å². The fourth-order valence-electron chi connectivity index (χ4n) is 4.34. The van der Waals surface area contributed by atoms with Crippen LogP contribution in [0, 0.1) is 25.2 Å². The summed E-state index contributed by atoms with van der Waals surface area (Å²) in [5.41, 5.74) is 5.89. The van der Waals surface area contributed by atoms with E-state index >= 15 is 0 Å². The van der Waals surface area contributed by atoms with Crippen LogP contribution < -0.4 is 5.32 Å². The molecule has 7 heteroatoms. The van der Waals surface area contributed by atoms with Gasteiger partial charge in [0, 0.05) is 36.1 Å². The number of nitrogens with one attached hydrogen (secondary N) is 1. The van der Waals surface area contributed by atoms with Crippen LogP contribution in [0.5, 0.6) is 0 Å². The van der Waals surface area contributed by atoms with Crippen LogP contribution in [0.3, 0.4) is 0 Å². The third kappa shape index (κ3) is 4.25. The van der Waals surface area contributed by atoms with Gasteiger partial charge in [-0.05, 0) is 63.4 Å². The van der Waals surface area contributed by atoms with Crippen molar-refractivity contribution >= 4 is 22.3 Å². The van der Waals surface area contributed by atoms with Crippen LogP contribution in [0.4, 0.5) is 10.9 Å². The molecule has 0 amide bonds. The average Bonchev–Trinajstić information content (AvgIpc) is 3.45. The molecule has 156 valence electrons. The average molecular weight is 421 g/mol. The summed E-state index contributed by atoms with van der Waals surface area (Å²) in [6.45, 7) is 9.85. The largest absolute Gasteiger partial charge is 0.349 e. The summed E-state index contributed by atoms with van der Waals surface area (Å²) >= 11 is 1.59. The molecule has 0 aromatic carbocycles. The van der Waals surface area contributed by atoms with Crippen LogP contribution in [0.1, 0.15) is 60.4 Å². The number of rotatable bonds is 7. The molecular weight excluding hydrogens is 392 g/mol. The van der Waals surface area contributed by atoms with Crippen molar-refractivity contribution in [3.05, 3.63) is 58.0 Å². The van der Waals surface area contributed by atoms with Gasteiger partial charge >= 0.3 is 0 Å². The van der Waals surface area contributed by atoms with Gasteiger partial charge in [-0.1, -0.05) is 6.92 Å². The van der Waals surface area contributed by atoms with Crippen molar-refractivity contribution in [2.75, 3.05) is 11.9 Å². The molecule has 1 saturated heterocycles. The zero-order chi connectivity index (χ0) is 21.1. The van der Waals surface area contributed by atoms with E-state index < -0.39 is 0 Å². The third-order valence-electron chi connectivity index (χ3n) is 5.85. The molecule has 0 spiro atoms. The number of hydrogen-bond donors (Lipinski definition) is 1. The highest BCUT2D eigenvalue weighted by Crippen LogP contribution is 2.35. The minimum absolute atomic E-state index is 0.351. The van der Waals surface area contributed by atoms with E-state index in [1.807, 2.05) is 0 Å². The first kappa shape index (κ1) is 20.6. The Hall–Kier alpha value is -2.69. The summed E-state index contributed by atoms with van der Waals surface area (Å²) < 4.78 is 2.44. The topological polar surface area (TPSA) is 69.8 Å². The number of thiazole rings is 1. The van der Waals surface area contributed by atoms with E-state index in [4.69, 9.17) is 10.2 Å². The Balaban J connectivity index is 1.48. The van der Waals surface area contributed by atoms with E-state index in [2.05, 4.69) is 58.1 Å². The molecule has 0 saturated carbocycles. The molecule has 1 atom stereocenters. The molecule has 6 nitrogen and oxygen atoms in total. The first-order valence-electron chi connectivity index (χ1n) is 10.6. The number of nitrogens with zero attached hydrogens (tertiary/aromatic N) is 5. The van der Waals surface area contributed by atoms with Gasteiger partial charge in [0.1, 0.15) is 5.82 Å². The summed E-state index contributed by atoms with van der Waals surface area (Å²) in [5, 5.41) is 15.3. The summed E-state index contributed by atoms with van der Waals surface area (Å²) in [5.74, 6) is 0.654. The molecule has 1 unspecified atom stereocenters. The summed E-state index contributed by atoms with van der Waals surface area (Å²) in [6, 6.07) is 8.29. The van der Waals surface area contributed by atoms with Crippen molar-refractivity contribution in [2.45, 2.75) is 59.2 Å². The maximum absolute atomic E-state index is 9.07. The number of aryl methyl sites for hydroxylation is 1. The van der Waals surface area contributed by atoms with Gasteiger partial charge in [0.05, 0.1) is 23.4 Å². The Morgan fingerprint density at radius 2 is 2.20 bits per heavy atom. The van der Waals surface area contributed by atoms with Crippen LogP contribution in [-0.2, 0) is 13.1 Å². The van der Waals surface area contributed by atoms with Crippen LogP contribution in [0.15, 0.2) is 29.8 Å². The van der Waals surface area contributed by atoms with Gasteiger partial charge in [-0.15, -0.1) is 11.3 Å². The van der Waals surface area contributed by atoms with E-state index in [9.17, 15) is 0 Å². The Bertz CT molecular complexity index is 1060. The van der Waals surface area contributed by atoms with Crippen molar-refractivity contribution in [3.63, 3.8) is 0 Å². The van der Waals surface area contributed by atoms with Crippen molar-refractivity contribution in [1.29, 1.82) is 5.26 Å². The van der Waals surface area contributed by atoms with Gasteiger partial charge in [0.15, 0.2) is 5.13 Å². The van der Waals surface area contributed by atoms with E-state index in [1.54, 1.807) is 29.7 Å². The summed E-state index contributed by atoms with van der Waals surface area (Å²) in [4.78, 5) is 11.7. The minimum atomic E-state index is 0.351. The Morgan fingerprint density at radius 1 is 1.33 bits per heavy atom. The number of pyridine rings is 1. The molecule has 0 aliphatic carbocycles. The van der Waals surface area contributed by atoms with Gasteiger partial charge in [0.25, 0.3) is 0 Å². The molecule has 0 bridgehead atoms. The lowest BCUT2D eigenvalue weighted by molar-refractivity contribution is 0.244. The molecule has 1 N–H and O–H groups in total. The minimum Gasteiger partial charge on any atom is -0.349 e. The number of anilines is 2. The molecular formula is C23H28N6S. The third-order valence-corrected chi connectivity index (χ3v) is 6.63. The maximum atomic E-state index is 9.07. The summed E-state index contributed by atoms with van der Waals surface area (Å²) in [6.07, 6.45) is 5.13. The van der Waals surface area contributed by atoms with E-state index in [0.29, 0.717) is 17.4 Å². The first-order valence-corrected chi connectivity index (χ1v) is 11.4. The number of hydrogen-bond acceptors (Lipinski definition) is 6. The number of nitriles is 1. The van der Waals surface area contributed by atoms with Gasteiger partial charge in [0.2, 0.25) is 0 Å². The van der Waals surface area contributed by atoms with E-state index in [0.717, 1.165) is 43.3 Å². The molecule has 1 fully saturated rings. The molecule has 30 heavy (non-hydrogen) atoms. The quantitative estimate of drug-likeness (QED) is 0.560. The second kappa shape index (κ2) is 8.99. The highest BCUT2D eigenvalue weighted by atomic mass is 32.1. The molecule has 4 rings (SSSR count). The van der Waals surface area contributed by atoms with Crippen molar-refractivity contribution < 1.29 is 0 Å². The molecule has 3 aromatic rings. The van der Waals surface area contributed by atoms with Crippen LogP contribution >= 0.6 is 11.3 Å². The Kier molecular flexibility index (Phi) is 6.16. The molecule has 4 heterocycles. The molecule has 1 aliphatic rings. The first-order chi connectivity index (χ1) is 14.6. The molecule has 1 aliphatic heterocycles. The van der Waals surface area contributed by atoms with E-state index in [-0.39, 0.29) is 0 Å². The lowest BCUT2D eigenvalue weighted by Crippen LogP contribution is -2.23. The smallest absolute Gasteiger partial charge is 0.188 e. The van der Waals surface area contributed by atoms with Crippen LogP contribution in [-0.4, -0.2) is 26.0 Å². The zero-order valence-electron chi connectivity index (χ0n) is 17.9. The zero-order valence-corrected chi connectivity index (χ0v) is 18.7. The SMILES string of the molecule is CCCn1c(C)cc(CN2CCCC2c2csc(Nc3cc(C#N)ccn3)n2)c1C. The van der Waals surface area contributed by atoms with Crippen molar-refractivity contribution in [1.82, 2.24) is 19.4 Å². The van der Waals surface area contributed by atoms with Gasteiger partial charge in [-0.3, -0.25) is 4.90 Å². The maximum Gasteiger partial charge on any atom is 0.188 e. The van der Waals surface area contributed by atoms with E-state index in [1.165, 1.54) is 23.4 Å². The highest BCUT2D eigenvalue weighted by molar-refractivity contribution is 7.13. The normalized spacial score (nSPS) is 16.7. The Labute approximate surface area is 182 Å². The molecule has 3 aromatic heterocycles. The second-order valence-corrected chi connectivity index (χ2v) is 8.78. The number of aromatic nitrogens is 3. The summed E-state index contributed by atoms with van der Waals surface area (Å²) in [7, 11) is 0. The predicted octanol–water partition coefficient (Wildman–Crippen LogP) is 5.32. The van der Waals surface area contributed by atoms with Crippen LogP contribution in [0.2, 0.25) is 0 Å². The van der Waals surface area contributed by atoms with Crippen molar-refractivity contribution in [2.24, 2.45) is 0 Å². The monoisotopic (exact) mass is 420 g/mol. The highest BCUT2D eigenvalue weighted by Gasteiger charge is 2.29. The van der Waals surface area contributed by atoms with Crippen LogP contribution in [0.25, 0.3) is 0 Å². The van der Waals surface area contributed by atoms with Crippen molar-refractivity contribution in [3.8, 4) is 6.07 Å². The number of likely N-dealkylation sites (tertiary alicyclic amines) is 1. The Morgan fingerprint density at radius 3 is 3.00 bits per heavy atom. The second-order valence-electron chi connectivity index (χ2n) is 7.92. The van der Waals surface area contributed by atoms with Gasteiger partial charge in [-0.25, -0.2) is 9.97 Å². The van der Waals surface area contributed by atoms with Gasteiger partial charge < -0.3 is 9.88 Å². The lowest BCUT2D eigenvalue weighted by atomic mass is 10.1.